The number of aromatic amines is 1. The van der Waals surface area contributed by atoms with Gasteiger partial charge in [0, 0.05) is 21.8 Å². The molecule has 1 heterocycles. The maximum atomic E-state index is 12.6. The number of rotatable bonds is 5. The zero-order valence-electron chi connectivity index (χ0n) is 14.6. The number of aryl methyl sites for hydroxylation is 1. The lowest BCUT2D eigenvalue weighted by atomic mass is 10.1. The SMILES string of the molecule is COc1cc(C)c(NC(=O)c2cc(-c3ccc(Br)cc3)n[nH]2)cc1OC. The Balaban J connectivity index is 1.82. The van der Waals surface area contributed by atoms with Crippen molar-refractivity contribution in [1.29, 1.82) is 0 Å². The van der Waals surface area contributed by atoms with Crippen LogP contribution in [-0.4, -0.2) is 30.3 Å². The summed E-state index contributed by atoms with van der Waals surface area (Å²) in [7, 11) is 3.13. The van der Waals surface area contributed by atoms with Gasteiger partial charge in [0.2, 0.25) is 0 Å². The maximum absolute atomic E-state index is 12.6. The molecule has 3 rings (SSSR count). The van der Waals surface area contributed by atoms with Gasteiger partial charge in [-0.2, -0.15) is 5.10 Å². The number of nitrogens with one attached hydrogen (secondary N) is 2. The van der Waals surface area contributed by atoms with Gasteiger partial charge in [-0.3, -0.25) is 9.89 Å². The van der Waals surface area contributed by atoms with Crippen LogP contribution in [-0.2, 0) is 0 Å². The molecule has 2 aromatic carbocycles. The van der Waals surface area contributed by atoms with Crippen LogP contribution in [0.1, 0.15) is 16.1 Å². The quantitative estimate of drug-likeness (QED) is 0.646. The van der Waals surface area contributed by atoms with E-state index in [4.69, 9.17) is 9.47 Å². The Kier molecular flexibility index (Phi) is 5.27. The number of nitrogens with zero attached hydrogens (tertiary/aromatic N) is 1. The van der Waals surface area contributed by atoms with Gasteiger partial charge in [0.1, 0.15) is 5.69 Å². The molecular weight excluding hydrogens is 398 g/mol. The molecule has 7 heteroatoms. The summed E-state index contributed by atoms with van der Waals surface area (Å²) in [6.45, 7) is 1.89. The van der Waals surface area contributed by atoms with E-state index < -0.39 is 0 Å². The fourth-order valence-corrected chi connectivity index (χ4v) is 2.78. The van der Waals surface area contributed by atoms with E-state index in [-0.39, 0.29) is 5.91 Å². The van der Waals surface area contributed by atoms with E-state index >= 15 is 0 Å². The summed E-state index contributed by atoms with van der Waals surface area (Å²) in [6, 6.07) is 13.0. The van der Waals surface area contributed by atoms with Gasteiger partial charge in [0.15, 0.2) is 11.5 Å². The van der Waals surface area contributed by atoms with Crippen molar-refractivity contribution < 1.29 is 14.3 Å². The molecule has 134 valence electrons. The molecule has 0 atom stereocenters. The number of carbonyl (C=O) groups excluding carboxylic acids is 1. The molecule has 0 saturated carbocycles. The van der Waals surface area contributed by atoms with Crippen LogP contribution in [0.3, 0.4) is 0 Å². The molecule has 0 unspecified atom stereocenters. The third-order valence-electron chi connectivity index (χ3n) is 3.94. The first-order chi connectivity index (χ1) is 12.5. The Morgan fingerprint density at radius 3 is 2.38 bits per heavy atom. The van der Waals surface area contributed by atoms with Gasteiger partial charge in [-0.15, -0.1) is 0 Å². The largest absolute Gasteiger partial charge is 0.493 e. The summed E-state index contributed by atoms with van der Waals surface area (Å²) in [5.41, 5.74) is 3.51. The monoisotopic (exact) mass is 415 g/mol. The van der Waals surface area contributed by atoms with Crippen molar-refractivity contribution in [1.82, 2.24) is 10.2 Å². The molecule has 0 radical (unpaired) electrons. The smallest absolute Gasteiger partial charge is 0.273 e. The highest BCUT2D eigenvalue weighted by Crippen LogP contribution is 2.33. The number of H-pyrrole nitrogens is 1. The minimum absolute atomic E-state index is 0.281. The molecule has 1 amide bonds. The van der Waals surface area contributed by atoms with Crippen LogP contribution in [0.2, 0.25) is 0 Å². The predicted molar refractivity (Wildman–Crippen MR) is 104 cm³/mol. The van der Waals surface area contributed by atoms with Gasteiger partial charge >= 0.3 is 0 Å². The van der Waals surface area contributed by atoms with E-state index in [9.17, 15) is 4.79 Å². The first-order valence-electron chi connectivity index (χ1n) is 7.87. The molecule has 0 saturated heterocycles. The molecule has 0 bridgehead atoms. The van der Waals surface area contributed by atoms with Crippen LogP contribution in [0.15, 0.2) is 46.9 Å². The van der Waals surface area contributed by atoms with Crippen molar-refractivity contribution in [3.05, 3.63) is 58.2 Å². The van der Waals surface area contributed by atoms with Gasteiger partial charge in [-0.05, 0) is 36.8 Å². The van der Waals surface area contributed by atoms with Crippen molar-refractivity contribution in [3.8, 4) is 22.8 Å². The van der Waals surface area contributed by atoms with Gasteiger partial charge < -0.3 is 14.8 Å². The normalized spacial score (nSPS) is 10.5. The lowest BCUT2D eigenvalue weighted by Gasteiger charge is -2.13. The van der Waals surface area contributed by atoms with E-state index in [1.165, 1.54) is 0 Å². The van der Waals surface area contributed by atoms with Crippen molar-refractivity contribution in [2.45, 2.75) is 6.92 Å². The molecule has 26 heavy (non-hydrogen) atoms. The minimum atomic E-state index is -0.281. The second-order valence-corrected chi connectivity index (χ2v) is 6.57. The zero-order valence-corrected chi connectivity index (χ0v) is 16.2. The number of ether oxygens (including phenoxy) is 2. The molecule has 0 aliphatic heterocycles. The highest BCUT2D eigenvalue weighted by Gasteiger charge is 2.15. The van der Waals surface area contributed by atoms with E-state index in [0.717, 1.165) is 15.6 Å². The van der Waals surface area contributed by atoms with Crippen LogP contribution in [0.5, 0.6) is 11.5 Å². The predicted octanol–water partition coefficient (Wildman–Crippen LogP) is 4.42. The van der Waals surface area contributed by atoms with Crippen molar-refractivity contribution in [3.63, 3.8) is 0 Å². The Morgan fingerprint density at radius 2 is 1.73 bits per heavy atom. The third kappa shape index (κ3) is 3.72. The van der Waals surface area contributed by atoms with E-state index in [0.29, 0.717) is 28.6 Å². The number of hydrogen-bond donors (Lipinski definition) is 2. The molecule has 0 aliphatic rings. The molecule has 2 N–H and O–H groups in total. The van der Waals surface area contributed by atoms with Crippen LogP contribution in [0.4, 0.5) is 5.69 Å². The Labute approximate surface area is 159 Å². The summed E-state index contributed by atoms with van der Waals surface area (Å²) in [4.78, 5) is 12.6. The fraction of sp³-hybridized carbons (Fsp3) is 0.158. The van der Waals surface area contributed by atoms with Gasteiger partial charge in [0.25, 0.3) is 5.91 Å². The van der Waals surface area contributed by atoms with E-state index in [2.05, 4.69) is 31.4 Å². The molecule has 6 nitrogen and oxygen atoms in total. The molecule has 1 aromatic heterocycles. The van der Waals surface area contributed by atoms with Crippen molar-refractivity contribution >= 4 is 27.5 Å². The number of carbonyl (C=O) groups is 1. The number of benzene rings is 2. The number of anilines is 1. The number of aromatic nitrogens is 2. The lowest BCUT2D eigenvalue weighted by Crippen LogP contribution is -2.13. The van der Waals surface area contributed by atoms with Crippen LogP contribution in [0.25, 0.3) is 11.3 Å². The summed E-state index contributed by atoms with van der Waals surface area (Å²) >= 11 is 3.40. The molecular formula is C19H18BrN3O3. The zero-order chi connectivity index (χ0) is 18.7. The summed E-state index contributed by atoms with van der Waals surface area (Å²) in [5.74, 6) is 0.881. The summed E-state index contributed by atoms with van der Waals surface area (Å²) in [5, 5.41) is 9.87. The van der Waals surface area contributed by atoms with Gasteiger partial charge in [-0.1, -0.05) is 28.1 Å². The molecule has 0 spiro atoms. The topological polar surface area (TPSA) is 76.2 Å². The number of methoxy groups -OCH3 is 2. The van der Waals surface area contributed by atoms with E-state index in [1.807, 2.05) is 37.3 Å². The van der Waals surface area contributed by atoms with Gasteiger partial charge in [-0.25, -0.2) is 0 Å². The van der Waals surface area contributed by atoms with E-state index in [1.54, 1.807) is 26.4 Å². The third-order valence-corrected chi connectivity index (χ3v) is 4.47. The Morgan fingerprint density at radius 1 is 1.08 bits per heavy atom. The average Bonchev–Trinajstić information content (AvgIpc) is 3.13. The molecule has 3 aromatic rings. The lowest BCUT2D eigenvalue weighted by molar-refractivity contribution is 0.102. The summed E-state index contributed by atoms with van der Waals surface area (Å²) in [6.07, 6.45) is 0. The molecule has 0 fully saturated rings. The molecule has 0 aliphatic carbocycles. The highest BCUT2D eigenvalue weighted by molar-refractivity contribution is 9.10. The second kappa shape index (κ2) is 7.61. The fourth-order valence-electron chi connectivity index (χ4n) is 2.51. The highest BCUT2D eigenvalue weighted by atomic mass is 79.9. The maximum Gasteiger partial charge on any atom is 0.273 e. The standard InChI is InChI=1S/C19H18BrN3O3/c1-11-8-17(25-2)18(26-3)10-14(11)21-19(24)16-9-15(22-23-16)12-4-6-13(20)7-5-12/h4-10H,1-3H3,(H,21,24)(H,22,23). The number of halogens is 1. The average molecular weight is 416 g/mol. The van der Waals surface area contributed by atoms with Gasteiger partial charge in [0.05, 0.1) is 19.9 Å². The van der Waals surface area contributed by atoms with Crippen LogP contribution < -0.4 is 14.8 Å². The number of amides is 1. The Bertz CT molecular complexity index is 936. The first-order valence-corrected chi connectivity index (χ1v) is 8.66. The van der Waals surface area contributed by atoms with Crippen LogP contribution >= 0.6 is 15.9 Å². The number of hydrogen-bond acceptors (Lipinski definition) is 4. The second-order valence-electron chi connectivity index (χ2n) is 5.65. The minimum Gasteiger partial charge on any atom is -0.493 e. The summed E-state index contributed by atoms with van der Waals surface area (Å²) < 4.78 is 11.5. The Hall–Kier alpha value is -2.80. The van der Waals surface area contributed by atoms with Crippen molar-refractivity contribution in [2.24, 2.45) is 0 Å². The van der Waals surface area contributed by atoms with Crippen LogP contribution in [0, 0.1) is 6.92 Å². The first kappa shape index (κ1) is 18.0. The van der Waals surface area contributed by atoms with Crippen molar-refractivity contribution in [2.75, 3.05) is 19.5 Å².